The van der Waals surface area contributed by atoms with Crippen molar-refractivity contribution in [1.82, 2.24) is 0 Å². The number of ketones is 1. The van der Waals surface area contributed by atoms with Crippen LogP contribution in [-0.4, -0.2) is 12.8 Å². The molecule has 19 heavy (non-hydrogen) atoms. The number of hydrogen-bond donors (Lipinski definition) is 0. The molecule has 0 atom stereocenters. The van der Waals surface area contributed by atoms with Crippen LogP contribution in [0.3, 0.4) is 0 Å². The summed E-state index contributed by atoms with van der Waals surface area (Å²) >= 11 is 0. The molecule has 0 aliphatic heterocycles. The van der Waals surface area contributed by atoms with Gasteiger partial charge in [-0.3, -0.25) is 4.79 Å². The molecule has 2 rings (SSSR count). The van der Waals surface area contributed by atoms with E-state index in [1.807, 2.05) is 38.2 Å². The zero-order chi connectivity index (χ0) is 13.8. The van der Waals surface area contributed by atoms with Gasteiger partial charge >= 0.3 is 0 Å². The molecule has 0 unspecified atom stereocenters. The van der Waals surface area contributed by atoms with E-state index >= 15 is 0 Å². The number of aryl methyl sites for hydroxylation is 1. The summed E-state index contributed by atoms with van der Waals surface area (Å²) in [5, 5.41) is 0. The summed E-state index contributed by atoms with van der Waals surface area (Å²) < 4.78 is 0. The van der Waals surface area contributed by atoms with Crippen molar-refractivity contribution >= 4 is 17.2 Å². The number of benzene rings is 2. The maximum atomic E-state index is 12.0. The molecule has 0 heterocycles. The van der Waals surface area contributed by atoms with Crippen molar-refractivity contribution in [2.24, 2.45) is 0 Å². The molecule has 98 valence electrons. The number of Topliss-reactive ketones (excluding diaryl/α,β-unsaturated/α-hetero) is 1. The van der Waals surface area contributed by atoms with Gasteiger partial charge in [0.2, 0.25) is 0 Å². The Morgan fingerprint density at radius 2 is 1.68 bits per heavy atom. The Hall–Kier alpha value is -2.09. The van der Waals surface area contributed by atoms with Crippen molar-refractivity contribution in [1.29, 1.82) is 0 Å². The molecule has 0 aromatic heterocycles. The highest BCUT2D eigenvalue weighted by atomic mass is 16.1. The SMILES string of the molecule is CCC(=O)c1ccccc1N(C)c1ccc(C)cc1. The molecule has 2 heteroatoms. The molecule has 0 aliphatic rings. The molecule has 0 bridgehead atoms. The first kappa shape index (κ1) is 13.3. The van der Waals surface area contributed by atoms with Crippen LogP contribution >= 0.6 is 0 Å². The number of para-hydroxylation sites is 1. The lowest BCUT2D eigenvalue weighted by atomic mass is 10.1. The molecule has 0 N–H and O–H groups in total. The fourth-order valence-corrected chi connectivity index (χ4v) is 2.10. The summed E-state index contributed by atoms with van der Waals surface area (Å²) in [6.07, 6.45) is 0.527. The number of carbonyl (C=O) groups excluding carboxylic acids is 1. The van der Waals surface area contributed by atoms with Crippen LogP contribution in [0.25, 0.3) is 0 Å². The van der Waals surface area contributed by atoms with Crippen LogP contribution in [0.4, 0.5) is 11.4 Å². The monoisotopic (exact) mass is 253 g/mol. The standard InChI is InChI=1S/C17H19NO/c1-4-17(19)15-7-5-6-8-16(15)18(3)14-11-9-13(2)10-12-14/h5-12H,4H2,1-3H3. The highest BCUT2D eigenvalue weighted by Crippen LogP contribution is 2.27. The first-order valence-electron chi connectivity index (χ1n) is 6.56. The number of anilines is 2. The third-order valence-electron chi connectivity index (χ3n) is 3.31. The van der Waals surface area contributed by atoms with E-state index in [-0.39, 0.29) is 5.78 Å². The van der Waals surface area contributed by atoms with Gasteiger partial charge < -0.3 is 4.90 Å². The number of carbonyl (C=O) groups is 1. The van der Waals surface area contributed by atoms with Crippen LogP contribution in [-0.2, 0) is 0 Å². The average Bonchev–Trinajstić information content (AvgIpc) is 2.46. The van der Waals surface area contributed by atoms with Crippen molar-refractivity contribution < 1.29 is 4.79 Å². The smallest absolute Gasteiger partial charge is 0.164 e. The van der Waals surface area contributed by atoms with E-state index in [4.69, 9.17) is 0 Å². The summed E-state index contributed by atoms with van der Waals surface area (Å²) in [6, 6.07) is 16.1. The van der Waals surface area contributed by atoms with Gasteiger partial charge in [-0.15, -0.1) is 0 Å². The fraction of sp³-hybridized carbons (Fsp3) is 0.235. The summed E-state index contributed by atoms with van der Waals surface area (Å²) in [5.74, 6) is 0.176. The zero-order valence-electron chi connectivity index (χ0n) is 11.7. The lowest BCUT2D eigenvalue weighted by molar-refractivity contribution is 0.0989. The summed E-state index contributed by atoms with van der Waals surface area (Å²) in [5.41, 5.74) is 4.06. The van der Waals surface area contributed by atoms with Crippen LogP contribution in [0.1, 0.15) is 29.3 Å². The second-order valence-corrected chi connectivity index (χ2v) is 4.69. The lowest BCUT2D eigenvalue weighted by Gasteiger charge is -2.22. The number of nitrogens with zero attached hydrogens (tertiary/aromatic N) is 1. The largest absolute Gasteiger partial charge is 0.344 e. The fourth-order valence-electron chi connectivity index (χ4n) is 2.10. The van der Waals surface area contributed by atoms with Gasteiger partial charge in [0.05, 0.1) is 5.69 Å². The summed E-state index contributed by atoms with van der Waals surface area (Å²) in [7, 11) is 1.99. The van der Waals surface area contributed by atoms with Crippen molar-refractivity contribution in [3.8, 4) is 0 Å². The first-order valence-corrected chi connectivity index (χ1v) is 6.56. The Morgan fingerprint density at radius 3 is 2.32 bits per heavy atom. The normalized spacial score (nSPS) is 10.3. The van der Waals surface area contributed by atoms with E-state index in [0.717, 1.165) is 16.9 Å². The van der Waals surface area contributed by atoms with E-state index in [1.54, 1.807) is 0 Å². The Bertz CT molecular complexity index is 572. The minimum absolute atomic E-state index is 0.176. The van der Waals surface area contributed by atoms with Gasteiger partial charge in [-0.25, -0.2) is 0 Å². The molecule has 2 nitrogen and oxygen atoms in total. The first-order chi connectivity index (χ1) is 9.13. The summed E-state index contributed by atoms with van der Waals surface area (Å²) in [6.45, 7) is 3.96. The lowest BCUT2D eigenvalue weighted by Crippen LogP contribution is -2.13. The minimum Gasteiger partial charge on any atom is -0.344 e. The third-order valence-corrected chi connectivity index (χ3v) is 3.31. The van der Waals surface area contributed by atoms with Crippen LogP contribution < -0.4 is 4.90 Å². The quantitative estimate of drug-likeness (QED) is 0.755. The second kappa shape index (κ2) is 5.70. The van der Waals surface area contributed by atoms with Crippen LogP contribution in [0, 0.1) is 6.92 Å². The van der Waals surface area contributed by atoms with E-state index in [0.29, 0.717) is 6.42 Å². The van der Waals surface area contributed by atoms with Crippen molar-refractivity contribution in [3.63, 3.8) is 0 Å². The van der Waals surface area contributed by atoms with Gasteiger partial charge in [-0.2, -0.15) is 0 Å². The molecule has 0 saturated heterocycles. The van der Waals surface area contributed by atoms with Crippen LogP contribution in [0.2, 0.25) is 0 Å². The van der Waals surface area contributed by atoms with Crippen LogP contribution in [0.15, 0.2) is 48.5 Å². The van der Waals surface area contributed by atoms with Gasteiger partial charge in [-0.05, 0) is 31.2 Å². The number of hydrogen-bond acceptors (Lipinski definition) is 2. The molecule has 0 aliphatic carbocycles. The maximum Gasteiger partial charge on any atom is 0.164 e. The van der Waals surface area contributed by atoms with Gasteiger partial charge in [0, 0.05) is 24.7 Å². The highest BCUT2D eigenvalue weighted by molar-refractivity contribution is 6.01. The molecule has 0 amide bonds. The topological polar surface area (TPSA) is 20.3 Å². The van der Waals surface area contributed by atoms with Gasteiger partial charge in [-0.1, -0.05) is 36.8 Å². The second-order valence-electron chi connectivity index (χ2n) is 4.69. The van der Waals surface area contributed by atoms with Crippen molar-refractivity contribution in [2.45, 2.75) is 20.3 Å². The molecule has 0 spiro atoms. The minimum atomic E-state index is 0.176. The van der Waals surface area contributed by atoms with Gasteiger partial charge in [0.15, 0.2) is 5.78 Å². The number of rotatable bonds is 4. The molecule has 0 saturated carbocycles. The van der Waals surface area contributed by atoms with E-state index in [1.165, 1.54) is 5.56 Å². The van der Waals surface area contributed by atoms with E-state index < -0.39 is 0 Å². The van der Waals surface area contributed by atoms with E-state index in [9.17, 15) is 4.79 Å². The molecular formula is C17H19NO. The van der Waals surface area contributed by atoms with Crippen molar-refractivity contribution in [3.05, 3.63) is 59.7 Å². The molecule has 0 fully saturated rings. The summed E-state index contributed by atoms with van der Waals surface area (Å²) in [4.78, 5) is 14.1. The molecule has 0 radical (unpaired) electrons. The maximum absolute atomic E-state index is 12.0. The highest BCUT2D eigenvalue weighted by Gasteiger charge is 2.13. The van der Waals surface area contributed by atoms with Gasteiger partial charge in [0.1, 0.15) is 0 Å². The van der Waals surface area contributed by atoms with Gasteiger partial charge in [0.25, 0.3) is 0 Å². The van der Waals surface area contributed by atoms with Crippen LogP contribution in [0.5, 0.6) is 0 Å². The predicted molar refractivity (Wildman–Crippen MR) is 80.3 cm³/mol. The average molecular weight is 253 g/mol. The Labute approximate surface area is 114 Å². The Morgan fingerprint density at radius 1 is 1.05 bits per heavy atom. The Kier molecular flexibility index (Phi) is 4.00. The molecular weight excluding hydrogens is 234 g/mol. The van der Waals surface area contributed by atoms with Crippen molar-refractivity contribution in [2.75, 3.05) is 11.9 Å². The Balaban J connectivity index is 2.41. The third kappa shape index (κ3) is 2.84. The molecule has 2 aromatic carbocycles. The predicted octanol–water partition coefficient (Wildman–Crippen LogP) is 4.36. The van der Waals surface area contributed by atoms with E-state index in [2.05, 4.69) is 36.1 Å². The molecule has 2 aromatic rings. The zero-order valence-corrected chi connectivity index (χ0v) is 11.7.